The number of hydrogen-bond acceptors (Lipinski definition) is 3. The van der Waals surface area contributed by atoms with E-state index in [-0.39, 0.29) is 6.09 Å². The van der Waals surface area contributed by atoms with Crippen LogP contribution in [-0.2, 0) is 4.74 Å². The summed E-state index contributed by atoms with van der Waals surface area (Å²) in [6, 6.07) is 0. The summed E-state index contributed by atoms with van der Waals surface area (Å²) in [5, 5.41) is 6.40. The summed E-state index contributed by atoms with van der Waals surface area (Å²) in [4.78, 5) is 11.6. The highest BCUT2D eigenvalue weighted by atomic mass is 16.6. The molecule has 1 heterocycles. The quantitative estimate of drug-likeness (QED) is 0.811. The van der Waals surface area contributed by atoms with Gasteiger partial charge in [-0.15, -0.1) is 0 Å². The van der Waals surface area contributed by atoms with Crippen molar-refractivity contribution in [1.82, 2.24) is 10.6 Å². The second-order valence-corrected chi connectivity index (χ2v) is 6.64. The van der Waals surface area contributed by atoms with Crippen LogP contribution in [0.15, 0.2) is 0 Å². The maximum Gasteiger partial charge on any atom is 0.407 e. The lowest BCUT2D eigenvalue weighted by Gasteiger charge is -2.32. The van der Waals surface area contributed by atoms with E-state index in [0.29, 0.717) is 5.92 Å². The van der Waals surface area contributed by atoms with Crippen LogP contribution in [0, 0.1) is 17.8 Å². The van der Waals surface area contributed by atoms with E-state index in [2.05, 4.69) is 10.6 Å². The second kappa shape index (κ2) is 5.47. The highest BCUT2D eigenvalue weighted by Crippen LogP contribution is 2.42. The largest absolute Gasteiger partial charge is 0.444 e. The van der Waals surface area contributed by atoms with Crippen molar-refractivity contribution in [2.75, 3.05) is 19.6 Å². The van der Waals surface area contributed by atoms with Gasteiger partial charge in [-0.05, 0) is 70.9 Å². The average Bonchev–Trinajstić information content (AvgIpc) is 3.08. The number of hydrogen-bond donors (Lipinski definition) is 2. The van der Waals surface area contributed by atoms with Gasteiger partial charge in [0, 0.05) is 6.54 Å². The molecule has 2 rings (SSSR count). The molecule has 2 unspecified atom stereocenters. The van der Waals surface area contributed by atoms with Crippen LogP contribution in [0.5, 0.6) is 0 Å². The van der Waals surface area contributed by atoms with Gasteiger partial charge < -0.3 is 15.4 Å². The Hall–Kier alpha value is -0.770. The van der Waals surface area contributed by atoms with Crippen molar-refractivity contribution in [2.45, 2.75) is 45.6 Å². The van der Waals surface area contributed by atoms with E-state index < -0.39 is 5.60 Å². The Balaban J connectivity index is 1.75. The molecular formula is C14H26N2O2. The summed E-state index contributed by atoms with van der Waals surface area (Å²) in [5.74, 6) is 2.25. The molecule has 1 aliphatic carbocycles. The van der Waals surface area contributed by atoms with E-state index in [1.54, 1.807) is 0 Å². The Morgan fingerprint density at radius 1 is 1.33 bits per heavy atom. The fourth-order valence-electron chi connectivity index (χ4n) is 2.79. The molecule has 0 bridgehead atoms. The molecule has 2 atom stereocenters. The molecule has 0 spiro atoms. The van der Waals surface area contributed by atoms with Gasteiger partial charge in [0.05, 0.1) is 0 Å². The van der Waals surface area contributed by atoms with Crippen LogP contribution in [-0.4, -0.2) is 31.3 Å². The lowest BCUT2D eigenvalue weighted by molar-refractivity contribution is 0.0505. The van der Waals surface area contributed by atoms with Gasteiger partial charge in [-0.2, -0.15) is 0 Å². The van der Waals surface area contributed by atoms with Gasteiger partial charge in [0.2, 0.25) is 0 Å². The molecular weight excluding hydrogens is 228 g/mol. The third kappa shape index (κ3) is 4.16. The van der Waals surface area contributed by atoms with Gasteiger partial charge in [-0.3, -0.25) is 0 Å². The van der Waals surface area contributed by atoms with Crippen LogP contribution in [0.3, 0.4) is 0 Å². The summed E-state index contributed by atoms with van der Waals surface area (Å²) in [6.45, 7) is 8.63. The SMILES string of the molecule is CC(C)(C)OC(=O)NCC1CCNCC1C1CC1. The molecule has 2 N–H and O–H groups in total. The van der Waals surface area contributed by atoms with Crippen LogP contribution < -0.4 is 10.6 Å². The first kappa shape index (κ1) is 13.7. The standard InChI is InChI=1S/C14H26N2O2/c1-14(2,3)18-13(17)16-8-11-6-7-15-9-12(11)10-4-5-10/h10-12,15H,4-9H2,1-3H3,(H,16,17). The number of rotatable bonds is 3. The number of ether oxygens (including phenoxy) is 1. The molecule has 0 aromatic rings. The van der Waals surface area contributed by atoms with Crippen LogP contribution in [0.25, 0.3) is 0 Å². The number of piperidine rings is 1. The molecule has 1 saturated carbocycles. The zero-order chi connectivity index (χ0) is 13.2. The first-order valence-corrected chi connectivity index (χ1v) is 7.13. The number of carbonyl (C=O) groups excluding carboxylic acids is 1. The van der Waals surface area contributed by atoms with Crippen molar-refractivity contribution in [3.05, 3.63) is 0 Å². The van der Waals surface area contributed by atoms with E-state index in [9.17, 15) is 4.79 Å². The van der Waals surface area contributed by atoms with Gasteiger partial charge >= 0.3 is 6.09 Å². The van der Waals surface area contributed by atoms with E-state index in [1.807, 2.05) is 20.8 Å². The average molecular weight is 254 g/mol. The van der Waals surface area contributed by atoms with E-state index in [0.717, 1.165) is 37.9 Å². The van der Waals surface area contributed by atoms with Crippen molar-refractivity contribution in [1.29, 1.82) is 0 Å². The van der Waals surface area contributed by atoms with Crippen molar-refractivity contribution >= 4 is 6.09 Å². The lowest BCUT2D eigenvalue weighted by atomic mass is 9.83. The fourth-order valence-corrected chi connectivity index (χ4v) is 2.79. The highest BCUT2D eigenvalue weighted by molar-refractivity contribution is 5.67. The van der Waals surface area contributed by atoms with Crippen LogP contribution >= 0.6 is 0 Å². The Bertz CT molecular complexity index is 295. The zero-order valence-electron chi connectivity index (χ0n) is 11.8. The molecule has 0 aromatic heterocycles. The van der Waals surface area contributed by atoms with Gasteiger partial charge in [0.15, 0.2) is 0 Å². The van der Waals surface area contributed by atoms with Gasteiger partial charge in [0.25, 0.3) is 0 Å². The predicted octanol–water partition coefficient (Wildman–Crippen LogP) is 2.15. The molecule has 4 heteroatoms. The maximum atomic E-state index is 11.6. The monoisotopic (exact) mass is 254 g/mol. The molecule has 1 aliphatic heterocycles. The number of amides is 1. The van der Waals surface area contributed by atoms with Crippen molar-refractivity contribution < 1.29 is 9.53 Å². The third-order valence-corrected chi connectivity index (χ3v) is 3.81. The van der Waals surface area contributed by atoms with Gasteiger partial charge in [-0.25, -0.2) is 4.79 Å². The minimum absolute atomic E-state index is 0.282. The van der Waals surface area contributed by atoms with Crippen LogP contribution in [0.1, 0.15) is 40.0 Å². The molecule has 18 heavy (non-hydrogen) atoms. The summed E-state index contributed by atoms with van der Waals surface area (Å²) in [6.07, 6.45) is 3.62. The van der Waals surface area contributed by atoms with Crippen molar-refractivity contribution in [2.24, 2.45) is 17.8 Å². The molecule has 2 fully saturated rings. The summed E-state index contributed by atoms with van der Waals surface area (Å²) in [7, 11) is 0. The third-order valence-electron chi connectivity index (χ3n) is 3.81. The number of carbonyl (C=O) groups is 1. The Labute approximate surface area is 110 Å². The maximum absolute atomic E-state index is 11.6. The van der Waals surface area contributed by atoms with Gasteiger partial charge in [-0.1, -0.05) is 0 Å². The lowest BCUT2D eigenvalue weighted by Crippen LogP contribution is -2.44. The zero-order valence-corrected chi connectivity index (χ0v) is 11.8. The van der Waals surface area contributed by atoms with E-state index in [1.165, 1.54) is 12.8 Å². The molecule has 4 nitrogen and oxygen atoms in total. The second-order valence-electron chi connectivity index (χ2n) is 6.64. The number of alkyl carbamates (subject to hydrolysis) is 1. The van der Waals surface area contributed by atoms with Crippen molar-refractivity contribution in [3.8, 4) is 0 Å². The summed E-state index contributed by atoms with van der Waals surface area (Å²) >= 11 is 0. The van der Waals surface area contributed by atoms with Crippen LogP contribution in [0.2, 0.25) is 0 Å². The molecule has 1 saturated heterocycles. The summed E-state index contributed by atoms with van der Waals surface area (Å²) in [5.41, 5.74) is -0.409. The molecule has 1 amide bonds. The first-order valence-electron chi connectivity index (χ1n) is 7.13. The van der Waals surface area contributed by atoms with E-state index in [4.69, 9.17) is 4.74 Å². The Kier molecular flexibility index (Phi) is 4.15. The number of nitrogens with one attached hydrogen (secondary N) is 2. The highest BCUT2D eigenvalue weighted by Gasteiger charge is 2.37. The van der Waals surface area contributed by atoms with E-state index >= 15 is 0 Å². The Morgan fingerprint density at radius 2 is 2.06 bits per heavy atom. The summed E-state index contributed by atoms with van der Waals surface area (Å²) < 4.78 is 5.27. The van der Waals surface area contributed by atoms with Gasteiger partial charge in [0.1, 0.15) is 5.60 Å². The Morgan fingerprint density at radius 3 is 2.67 bits per heavy atom. The predicted molar refractivity (Wildman–Crippen MR) is 71.4 cm³/mol. The normalized spacial score (nSPS) is 28.8. The smallest absolute Gasteiger partial charge is 0.407 e. The van der Waals surface area contributed by atoms with Crippen molar-refractivity contribution in [3.63, 3.8) is 0 Å². The van der Waals surface area contributed by atoms with Crippen LogP contribution in [0.4, 0.5) is 4.79 Å². The topological polar surface area (TPSA) is 50.4 Å². The minimum atomic E-state index is -0.409. The molecule has 104 valence electrons. The fraction of sp³-hybridized carbons (Fsp3) is 0.929. The molecule has 0 aromatic carbocycles. The molecule has 0 radical (unpaired) electrons. The minimum Gasteiger partial charge on any atom is -0.444 e. The first-order chi connectivity index (χ1) is 8.46. The molecule has 2 aliphatic rings.